The summed E-state index contributed by atoms with van der Waals surface area (Å²) in [5.74, 6) is 1.00. The molecule has 0 unspecified atom stereocenters. The quantitative estimate of drug-likeness (QED) is 0.628. The number of hydrogen-bond acceptors (Lipinski definition) is 2. The molecule has 0 saturated carbocycles. The number of Topliss-reactive ketones (excluding diaryl/α,β-unsaturated/α-hetero) is 1. The number of allylic oxidation sites excluding steroid dienone is 1. The maximum atomic E-state index is 12.2. The van der Waals surface area contributed by atoms with Crippen LogP contribution in [0, 0.1) is 0 Å². The predicted molar refractivity (Wildman–Crippen MR) is 77.1 cm³/mol. The van der Waals surface area contributed by atoms with Crippen molar-refractivity contribution in [3.05, 3.63) is 64.1 Å². The summed E-state index contributed by atoms with van der Waals surface area (Å²) >= 11 is 0.119. The van der Waals surface area contributed by atoms with Crippen LogP contribution in [0.1, 0.15) is 15.9 Å². The van der Waals surface area contributed by atoms with Gasteiger partial charge in [0.15, 0.2) is 0 Å². The van der Waals surface area contributed by atoms with E-state index in [1.54, 1.807) is 7.11 Å². The van der Waals surface area contributed by atoms with E-state index in [-0.39, 0.29) is 20.7 Å². The molecular weight excluding hydrogens is 303 g/mol. The zero-order valence-corrected chi connectivity index (χ0v) is 12.1. The molecule has 0 aromatic heterocycles. The first kappa shape index (κ1) is 12.2. The molecule has 2 nitrogen and oxygen atoms in total. The Morgan fingerprint density at radius 1 is 1.05 bits per heavy atom. The number of rotatable bonds is 2. The topological polar surface area (TPSA) is 26.3 Å². The van der Waals surface area contributed by atoms with Gasteiger partial charge in [-0.3, -0.25) is 0 Å². The Morgan fingerprint density at radius 2 is 1.79 bits per heavy atom. The monoisotopic (exact) mass is 316 g/mol. The molecule has 1 aliphatic rings. The SMILES string of the molecule is COc1ccc(/C=C2\[Se]c3ccccc3C2=O)cc1. The summed E-state index contributed by atoms with van der Waals surface area (Å²) in [5.41, 5.74) is 1.90. The van der Waals surface area contributed by atoms with Gasteiger partial charge in [-0.15, -0.1) is 0 Å². The molecule has 0 atom stereocenters. The van der Waals surface area contributed by atoms with Crippen molar-refractivity contribution in [1.29, 1.82) is 0 Å². The molecule has 94 valence electrons. The molecule has 3 rings (SSSR count). The first-order valence-electron chi connectivity index (χ1n) is 5.95. The van der Waals surface area contributed by atoms with E-state index in [4.69, 9.17) is 4.74 Å². The van der Waals surface area contributed by atoms with Crippen molar-refractivity contribution >= 4 is 31.3 Å². The third-order valence-corrected chi connectivity index (χ3v) is 5.29. The first-order chi connectivity index (χ1) is 9.28. The molecule has 2 aromatic rings. The van der Waals surface area contributed by atoms with Crippen molar-refractivity contribution in [3.8, 4) is 5.75 Å². The molecule has 0 N–H and O–H groups in total. The molecule has 0 amide bonds. The normalized spacial score (nSPS) is 15.6. The molecule has 1 aliphatic heterocycles. The van der Waals surface area contributed by atoms with Gasteiger partial charge in [-0.1, -0.05) is 0 Å². The van der Waals surface area contributed by atoms with E-state index in [2.05, 4.69) is 0 Å². The van der Waals surface area contributed by atoms with Crippen molar-refractivity contribution in [2.45, 2.75) is 0 Å². The third kappa shape index (κ3) is 2.35. The molecule has 3 heteroatoms. The Morgan fingerprint density at radius 3 is 2.47 bits per heavy atom. The van der Waals surface area contributed by atoms with Crippen LogP contribution in [0.15, 0.2) is 53.0 Å². The number of fused-ring (bicyclic) bond motifs is 1. The minimum absolute atomic E-state index is 0.119. The number of hydrogen-bond donors (Lipinski definition) is 0. The van der Waals surface area contributed by atoms with E-state index in [0.29, 0.717) is 0 Å². The van der Waals surface area contributed by atoms with Crippen molar-refractivity contribution < 1.29 is 9.53 Å². The summed E-state index contributed by atoms with van der Waals surface area (Å²) in [6.45, 7) is 0. The molecule has 0 radical (unpaired) electrons. The van der Waals surface area contributed by atoms with Gasteiger partial charge in [-0.2, -0.15) is 0 Å². The summed E-state index contributed by atoms with van der Waals surface area (Å²) in [6, 6.07) is 15.6. The fourth-order valence-electron chi connectivity index (χ4n) is 1.99. The van der Waals surface area contributed by atoms with Gasteiger partial charge in [0, 0.05) is 0 Å². The van der Waals surface area contributed by atoms with Crippen LogP contribution < -0.4 is 9.20 Å². The number of benzene rings is 2. The standard InChI is InChI=1S/C16H12O2Se/c1-18-12-8-6-11(7-9-12)10-15-16(17)13-4-2-3-5-14(13)19-15/h2-10H,1H3/b15-10-. The molecule has 0 bridgehead atoms. The van der Waals surface area contributed by atoms with Gasteiger partial charge in [0.25, 0.3) is 0 Å². The molecule has 0 spiro atoms. The van der Waals surface area contributed by atoms with Crippen LogP contribution in [0.25, 0.3) is 6.08 Å². The Hall–Kier alpha value is -1.83. The van der Waals surface area contributed by atoms with Crippen LogP contribution in [0.3, 0.4) is 0 Å². The van der Waals surface area contributed by atoms with Crippen LogP contribution in [0.5, 0.6) is 5.75 Å². The van der Waals surface area contributed by atoms with Crippen LogP contribution in [0.4, 0.5) is 0 Å². The number of ketones is 1. The van der Waals surface area contributed by atoms with E-state index < -0.39 is 0 Å². The van der Waals surface area contributed by atoms with Gasteiger partial charge in [0.2, 0.25) is 0 Å². The summed E-state index contributed by atoms with van der Waals surface area (Å²) < 4.78 is 7.22. The summed E-state index contributed by atoms with van der Waals surface area (Å²) in [6.07, 6.45) is 1.99. The minimum atomic E-state index is 0.119. The van der Waals surface area contributed by atoms with Crippen LogP contribution in [-0.2, 0) is 0 Å². The number of carbonyl (C=O) groups is 1. The Labute approximate surface area is 118 Å². The molecular formula is C16H12O2Se. The Kier molecular flexibility index (Phi) is 3.24. The van der Waals surface area contributed by atoms with E-state index in [9.17, 15) is 4.79 Å². The average Bonchev–Trinajstić information content (AvgIpc) is 2.77. The van der Waals surface area contributed by atoms with Gasteiger partial charge < -0.3 is 0 Å². The second kappa shape index (κ2) is 5.04. The van der Waals surface area contributed by atoms with E-state index >= 15 is 0 Å². The maximum absolute atomic E-state index is 12.2. The number of ether oxygens (including phenoxy) is 1. The van der Waals surface area contributed by atoms with Gasteiger partial charge in [-0.05, 0) is 0 Å². The number of carbonyl (C=O) groups excluding carboxylic acids is 1. The van der Waals surface area contributed by atoms with E-state index in [1.807, 2.05) is 54.6 Å². The molecule has 2 aromatic carbocycles. The summed E-state index contributed by atoms with van der Waals surface area (Å²) in [7, 11) is 1.65. The summed E-state index contributed by atoms with van der Waals surface area (Å²) in [5, 5.41) is 0. The van der Waals surface area contributed by atoms with Crippen molar-refractivity contribution in [3.63, 3.8) is 0 Å². The molecule has 0 aliphatic carbocycles. The van der Waals surface area contributed by atoms with Crippen LogP contribution in [-0.4, -0.2) is 27.8 Å². The molecule has 19 heavy (non-hydrogen) atoms. The fourth-order valence-corrected chi connectivity index (χ4v) is 4.19. The van der Waals surface area contributed by atoms with Gasteiger partial charge >= 0.3 is 118 Å². The zero-order chi connectivity index (χ0) is 13.2. The Balaban J connectivity index is 1.92. The second-order valence-electron chi connectivity index (χ2n) is 4.21. The van der Waals surface area contributed by atoms with Crippen LogP contribution in [0.2, 0.25) is 0 Å². The fraction of sp³-hybridized carbons (Fsp3) is 0.0625. The predicted octanol–water partition coefficient (Wildman–Crippen LogP) is 2.26. The summed E-state index contributed by atoms with van der Waals surface area (Å²) in [4.78, 5) is 12.2. The Bertz CT molecular complexity index is 657. The first-order valence-corrected chi connectivity index (χ1v) is 7.66. The number of methoxy groups -OCH3 is 1. The van der Waals surface area contributed by atoms with Crippen molar-refractivity contribution in [2.75, 3.05) is 7.11 Å². The third-order valence-electron chi connectivity index (χ3n) is 2.99. The zero-order valence-electron chi connectivity index (χ0n) is 10.4. The van der Waals surface area contributed by atoms with Gasteiger partial charge in [-0.25, -0.2) is 0 Å². The molecule has 1 heterocycles. The van der Waals surface area contributed by atoms with Gasteiger partial charge in [0.05, 0.1) is 0 Å². The van der Waals surface area contributed by atoms with E-state index in [1.165, 1.54) is 4.46 Å². The van der Waals surface area contributed by atoms with E-state index in [0.717, 1.165) is 21.3 Å². The van der Waals surface area contributed by atoms with Crippen LogP contribution >= 0.6 is 0 Å². The second-order valence-corrected chi connectivity index (χ2v) is 6.48. The van der Waals surface area contributed by atoms with Crippen molar-refractivity contribution in [2.24, 2.45) is 0 Å². The molecule has 0 fully saturated rings. The average molecular weight is 315 g/mol. The molecule has 0 saturated heterocycles. The van der Waals surface area contributed by atoms with Crippen molar-refractivity contribution in [1.82, 2.24) is 0 Å². The van der Waals surface area contributed by atoms with Gasteiger partial charge in [0.1, 0.15) is 0 Å².